The summed E-state index contributed by atoms with van der Waals surface area (Å²) in [6.07, 6.45) is 6.00. The molecule has 16 heavy (non-hydrogen) atoms. The van der Waals surface area contributed by atoms with Gasteiger partial charge in [-0.1, -0.05) is 0 Å². The van der Waals surface area contributed by atoms with E-state index in [-0.39, 0.29) is 6.61 Å². The summed E-state index contributed by atoms with van der Waals surface area (Å²) in [6.45, 7) is 3.35. The Hall–Kier alpha value is -0.910. The van der Waals surface area contributed by atoms with Crippen molar-refractivity contribution in [2.24, 2.45) is 0 Å². The smallest absolute Gasteiger partial charge is 0.0640 e. The summed E-state index contributed by atoms with van der Waals surface area (Å²) in [6, 6.07) is 0. The zero-order valence-electron chi connectivity index (χ0n) is 9.85. The fourth-order valence-corrected chi connectivity index (χ4v) is 1.45. The highest BCUT2D eigenvalue weighted by molar-refractivity contribution is 5.03. The van der Waals surface area contributed by atoms with Crippen molar-refractivity contribution in [2.45, 2.75) is 25.9 Å². The molecule has 0 amide bonds. The first-order chi connectivity index (χ1) is 7.86. The molecule has 5 heteroatoms. The number of aromatic nitrogens is 2. The zero-order chi connectivity index (χ0) is 11.6. The third-order valence-corrected chi connectivity index (χ3v) is 2.30. The molecule has 92 valence electrons. The maximum absolute atomic E-state index is 8.74. The highest BCUT2D eigenvalue weighted by atomic mass is 16.5. The molecule has 0 aliphatic heterocycles. The predicted molar refractivity (Wildman–Crippen MR) is 62.1 cm³/mol. The second-order valence-electron chi connectivity index (χ2n) is 3.71. The van der Waals surface area contributed by atoms with E-state index in [0.717, 1.165) is 38.1 Å². The van der Waals surface area contributed by atoms with Crippen LogP contribution in [0.2, 0.25) is 0 Å². The molecule has 1 aromatic rings. The van der Waals surface area contributed by atoms with Gasteiger partial charge in [0.05, 0.1) is 19.3 Å². The van der Waals surface area contributed by atoms with E-state index in [1.54, 1.807) is 11.8 Å². The van der Waals surface area contributed by atoms with Crippen molar-refractivity contribution in [3.8, 4) is 0 Å². The molecule has 2 N–H and O–H groups in total. The van der Waals surface area contributed by atoms with E-state index in [1.165, 1.54) is 0 Å². The summed E-state index contributed by atoms with van der Waals surface area (Å²) in [5.41, 5.74) is 1.15. The Morgan fingerprint density at radius 2 is 2.38 bits per heavy atom. The van der Waals surface area contributed by atoms with Gasteiger partial charge in [0.1, 0.15) is 0 Å². The molecule has 0 bridgehead atoms. The molecule has 0 atom stereocenters. The van der Waals surface area contributed by atoms with Gasteiger partial charge in [-0.3, -0.25) is 4.68 Å². The number of nitrogens with one attached hydrogen (secondary N) is 1. The Kier molecular flexibility index (Phi) is 6.80. The van der Waals surface area contributed by atoms with E-state index in [1.807, 2.05) is 12.4 Å². The van der Waals surface area contributed by atoms with Crippen molar-refractivity contribution in [3.63, 3.8) is 0 Å². The molecular formula is C11H21N3O2. The van der Waals surface area contributed by atoms with Crippen molar-refractivity contribution in [1.82, 2.24) is 15.1 Å². The minimum atomic E-state index is 0.131. The van der Waals surface area contributed by atoms with Crippen LogP contribution in [-0.2, 0) is 17.8 Å². The van der Waals surface area contributed by atoms with Crippen molar-refractivity contribution >= 4 is 0 Å². The highest BCUT2D eigenvalue weighted by Gasteiger charge is 1.97. The van der Waals surface area contributed by atoms with Crippen LogP contribution in [0.5, 0.6) is 0 Å². The summed E-state index contributed by atoms with van der Waals surface area (Å²) in [5, 5.41) is 16.2. The summed E-state index contributed by atoms with van der Waals surface area (Å²) < 4.78 is 6.72. The van der Waals surface area contributed by atoms with Gasteiger partial charge in [0, 0.05) is 32.0 Å². The number of ether oxygens (including phenoxy) is 1. The molecule has 0 saturated heterocycles. The molecule has 0 aromatic carbocycles. The Morgan fingerprint density at radius 3 is 3.12 bits per heavy atom. The lowest BCUT2D eigenvalue weighted by molar-refractivity contribution is 0.192. The third kappa shape index (κ3) is 5.25. The summed E-state index contributed by atoms with van der Waals surface area (Å²) in [7, 11) is 1.73. The van der Waals surface area contributed by atoms with Crippen LogP contribution in [0.25, 0.3) is 0 Å². The molecule has 1 rings (SSSR count). The van der Waals surface area contributed by atoms with Gasteiger partial charge >= 0.3 is 0 Å². The van der Waals surface area contributed by atoms with Crippen LogP contribution in [0, 0.1) is 0 Å². The maximum Gasteiger partial charge on any atom is 0.0640 e. The standard InChI is InChI=1S/C11H21N3O2/c1-16-7-3-2-4-12-8-11-9-13-14(10-11)5-6-15/h9-10,12,15H,2-8H2,1H3. The predicted octanol–water partition coefficient (Wildman–Crippen LogP) is 0.392. The number of hydrogen-bond donors (Lipinski definition) is 2. The fourth-order valence-electron chi connectivity index (χ4n) is 1.45. The Morgan fingerprint density at radius 1 is 1.50 bits per heavy atom. The normalized spacial score (nSPS) is 10.9. The first-order valence-electron chi connectivity index (χ1n) is 5.68. The third-order valence-electron chi connectivity index (χ3n) is 2.30. The second kappa shape index (κ2) is 8.27. The monoisotopic (exact) mass is 227 g/mol. The number of methoxy groups -OCH3 is 1. The minimum Gasteiger partial charge on any atom is -0.394 e. The lowest BCUT2D eigenvalue weighted by Crippen LogP contribution is -2.14. The quantitative estimate of drug-likeness (QED) is 0.599. The van der Waals surface area contributed by atoms with Crippen LogP contribution < -0.4 is 5.32 Å². The van der Waals surface area contributed by atoms with Crippen LogP contribution in [0.4, 0.5) is 0 Å². The number of rotatable bonds is 9. The van der Waals surface area contributed by atoms with Gasteiger partial charge in [0.2, 0.25) is 0 Å². The van der Waals surface area contributed by atoms with Crippen LogP contribution in [0.3, 0.4) is 0 Å². The highest BCUT2D eigenvalue weighted by Crippen LogP contribution is 1.97. The van der Waals surface area contributed by atoms with Gasteiger partial charge in [-0.25, -0.2) is 0 Å². The van der Waals surface area contributed by atoms with E-state index in [4.69, 9.17) is 9.84 Å². The van der Waals surface area contributed by atoms with Gasteiger partial charge < -0.3 is 15.2 Å². The molecule has 0 radical (unpaired) electrons. The van der Waals surface area contributed by atoms with Crippen molar-refractivity contribution < 1.29 is 9.84 Å². The van der Waals surface area contributed by atoms with Crippen molar-refractivity contribution in [2.75, 3.05) is 26.9 Å². The van der Waals surface area contributed by atoms with Crippen molar-refractivity contribution in [3.05, 3.63) is 18.0 Å². The molecule has 0 aliphatic rings. The van der Waals surface area contributed by atoms with E-state index in [2.05, 4.69) is 10.4 Å². The topological polar surface area (TPSA) is 59.3 Å². The van der Waals surface area contributed by atoms with E-state index in [9.17, 15) is 0 Å². The Balaban J connectivity index is 2.07. The van der Waals surface area contributed by atoms with Crippen molar-refractivity contribution in [1.29, 1.82) is 0 Å². The van der Waals surface area contributed by atoms with Gasteiger partial charge in [-0.05, 0) is 19.4 Å². The number of aliphatic hydroxyl groups is 1. The summed E-state index contributed by atoms with van der Waals surface area (Å²) in [5.74, 6) is 0. The molecule has 1 aromatic heterocycles. The molecule has 0 fully saturated rings. The van der Waals surface area contributed by atoms with E-state index in [0.29, 0.717) is 6.54 Å². The first kappa shape index (κ1) is 13.2. The fraction of sp³-hybridized carbons (Fsp3) is 0.727. The van der Waals surface area contributed by atoms with Crippen LogP contribution in [-0.4, -0.2) is 41.8 Å². The average molecular weight is 227 g/mol. The molecular weight excluding hydrogens is 206 g/mol. The SMILES string of the molecule is COCCCCNCc1cnn(CCO)c1. The average Bonchev–Trinajstić information content (AvgIpc) is 2.72. The van der Waals surface area contributed by atoms with Gasteiger partial charge in [0.15, 0.2) is 0 Å². The van der Waals surface area contributed by atoms with Gasteiger partial charge in [0.25, 0.3) is 0 Å². The molecule has 0 unspecified atom stereocenters. The van der Waals surface area contributed by atoms with E-state index < -0.39 is 0 Å². The van der Waals surface area contributed by atoms with Gasteiger partial charge in [-0.15, -0.1) is 0 Å². The van der Waals surface area contributed by atoms with E-state index >= 15 is 0 Å². The Bertz CT molecular complexity index is 276. The van der Waals surface area contributed by atoms with Crippen LogP contribution in [0.1, 0.15) is 18.4 Å². The van der Waals surface area contributed by atoms with Crippen LogP contribution >= 0.6 is 0 Å². The number of unbranched alkanes of at least 4 members (excludes halogenated alkanes) is 1. The summed E-state index contributed by atoms with van der Waals surface area (Å²) >= 11 is 0. The minimum absolute atomic E-state index is 0.131. The molecule has 1 heterocycles. The number of aliphatic hydroxyl groups excluding tert-OH is 1. The zero-order valence-corrected chi connectivity index (χ0v) is 9.85. The second-order valence-corrected chi connectivity index (χ2v) is 3.71. The largest absolute Gasteiger partial charge is 0.394 e. The Labute approximate surface area is 96.4 Å². The molecule has 5 nitrogen and oxygen atoms in total. The number of nitrogens with zero attached hydrogens (tertiary/aromatic N) is 2. The molecule has 0 aliphatic carbocycles. The molecule has 0 spiro atoms. The maximum atomic E-state index is 8.74. The first-order valence-corrected chi connectivity index (χ1v) is 5.68. The lowest BCUT2D eigenvalue weighted by Gasteiger charge is -2.02. The molecule has 0 saturated carbocycles. The lowest BCUT2D eigenvalue weighted by atomic mass is 10.3. The van der Waals surface area contributed by atoms with Crippen LogP contribution in [0.15, 0.2) is 12.4 Å². The number of hydrogen-bond acceptors (Lipinski definition) is 4. The van der Waals surface area contributed by atoms with Gasteiger partial charge in [-0.2, -0.15) is 5.10 Å². The summed E-state index contributed by atoms with van der Waals surface area (Å²) in [4.78, 5) is 0.